The van der Waals surface area contributed by atoms with Gasteiger partial charge >= 0.3 is 35.8 Å². The van der Waals surface area contributed by atoms with E-state index in [2.05, 4.69) is 19.7 Å². The van der Waals surface area contributed by atoms with Gasteiger partial charge in [0, 0.05) is 22.6 Å². The summed E-state index contributed by atoms with van der Waals surface area (Å²) in [6.07, 6.45) is -0.172. The summed E-state index contributed by atoms with van der Waals surface area (Å²) in [5.41, 5.74) is 2.61. The molecule has 0 aliphatic heterocycles. The summed E-state index contributed by atoms with van der Waals surface area (Å²) in [6, 6.07) is 20.3. The molecule has 0 saturated carbocycles. The first-order valence-electron chi connectivity index (χ1n) is 16.6. The number of esters is 3. The molecule has 0 amide bonds. The van der Waals surface area contributed by atoms with Gasteiger partial charge in [-0.15, -0.1) is 0 Å². The summed E-state index contributed by atoms with van der Waals surface area (Å²) in [7, 11) is 0. The van der Waals surface area contributed by atoms with E-state index in [0.717, 1.165) is 16.7 Å². The van der Waals surface area contributed by atoms with Crippen LogP contribution in [0.2, 0.25) is 0 Å². The number of rotatable bonds is 18. The van der Waals surface area contributed by atoms with Gasteiger partial charge in [0.05, 0.1) is 19.3 Å². The topological polar surface area (TPSA) is 167 Å². The molecule has 52 heavy (non-hydrogen) atoms. The molecule has 3 N–H and O–H groups in total. The van der Waals surface area contributed by atoms with Crippen molar-refractivity contribution >= 4 is 17.9 Å². The number of benzene rings is 3. The molecule has 0 heterocycles. The molecule has 0 fully saturated rings. The third-order valence-corrected chi connectivity index (χ3v) is 7.61. The van der Waals surface area contributed by atoms with Crippen LogP contribution in [0.1, 0.15) is 83.4 Å². The Bertz CT molecular complexity index is 1560. The maximum absolute atomic E-state index is 12.1. The molecule has 278 valence electrons. The first-order valence-corrected chi connectivity index (χ1v) is 16.6. The Hall–Kier alpha value is -5.43. The van der Waals surface area contributed by atoms with Crippen molar-refractivity contribution in [2.24, 2.45) is 0 Å². The number of carbonyl (C=O) groups is 3. The fraction of sp³-hybridized carbons (Fsp3) is 0.325. The first-order chi connectivity index (χ1) is 24.3. The van der Waals surface area contributed by atoms with Gasteiger partial charge < -0.3 is 43.7 Å². The minimum Gasteiger partial charge on any atom is -0.430 e. The van der Waals surface area contributed by atoms with Crippen molar-refractivity contribution in [1.82, 2.24) is 0 Å². The second-order valence-electron chi connectivity index (χ2n) is 12.2. The zero-order chi connectivity index (χ0) is 38.9. The Kier molecular flexibility index (Phi) is 13.6. The number of hydrogen-bond acceptors (Lipinski definition) is 12. The highest BCUT2D eigenvalue weighted by atomic mass is 16.8. The van der Waals surface area contributed by atoms with E-state index in [4.69, 9.17) is 28.4 Å². The van der Waals surface area contributed by atoms with E-state index in [9.17, 15) is 29.7 Å². The van der Waals surface area contributed by atoms with Crippen LogP contribution < -0.4 is 14.2 Å². The van der Waals surface area contributed by atoms with Crippen LogP contribution >= 0.6 is 0 Å². The van der Waals surface area contributed by atoms with Gasteiger partial charge in [0.15, 0.2) is 0 Å². The second-order valence-corrected chi connectivity index (χ2v) is 12.2. The van der Waals surface area contributed by atoms with Crippen molar-refractivity contribution in [3.05, 3.63) is 126 Å². The standard InChI is InChI=1S/C40H46O12/c1-10-38(44,50-35(41)25(4)5)47-31-19-13-28(14-20-31)34(29-15-21-32(22-16-29)48-39(45,11-2)51-36(42)26(6)7)30-17-23-33(24-18-30)49-40(46,12-3)52-37(43)27(8)9/h13-24,34,44-46H,4,6,8,10-12H2,1-3,5,7,9H3. The summed E-state index contributed by atoms with van der Waals surface area (Å²) >= 11 is 0. The highest BCUT2D eigenvalue weighted by molar-refractivity contribution is 5.88. The normalized spacial score (nSPS) is 14.9. The smallest absolute Gasteiger partial charge is 0.371 e. The summed E-state index contributed by atoms with van der Waals surface area (Å²) < 4.78 is 32.3. The molecule has 0 saturated heterocycles. The molecule has 3 aromatic carbocycles. The van der Waals surface area contributed by atoms with Gasteiger partial charge in [0.1, 0.15) is 17.2 Å². The highest BCUT2D eigenvalue weighted by Crippen LogP contribution is 2.36. The van der Waals surface area contributed by atoms with Crippen molar-refractivity contribution in [3.8, 4) is 17.2 Å². The van der Waals surface area contributed by atoms with Crippen LogP contribution in [0.25, 0.3) is 0 Å². The molecule has 3 atom stereocenters. The third-order valence-electron chi connectivity index (χ3n) is 7.61. The van der Waals surface area contributed by atoms with E-state index >= 15 is 0 Å². The minimum absolute atomic E-state index is 0.0572. The van der Waals surface area contributed by atoms with Crippen LogP contribution in [0.15, 0.2) is 109 Å². The lowest BCUT2D eigenvalue weighted by molar-refractivity contribution is -0.302. The zero-order valence-electron chi connectivity index (χ0n) is 30.3. The fourth-order valence-electron chi connectivity index (χ4n) is 4.51. The lowest BCUT2D eigenvalue weighted by atomic mass is 9.85. The average molecular weight is 719 g/mol. The molecule has 0 aliphatic carbocycles. The van der Waals surface area contributed by atoms with Crippen LogP contribution in [0.3, 0.4) is 0 Å². The molecule has 0 spiro atoms. The number of hydrogen-bond donors (Lipinski definition) is 3. The Balaban J connectivity index is 1.99. The van der Waals surface area contributed by atoms with Crippen molar-refractivity contribution in [1.29, 1.82) is 0 Å². The van der Waals surface area contributed by atoms with Gasteiger partial charge in [0.25, 0.3) is 0 Å². The Morgan fingerprint density at radius 2 is 0.712 bits per heavy atom. The van der Waals surface area contributed by atoms with E-state index < -0.39 is 41.7 Å². The lowest BCUT2D eigenvalue weighted by Gasteiger charge is -2.28. The summed E-state index contributed by atoms with van der Waals surface area (Å²) in [6.45, 7) is 19.7. The molecule has 3 aromatic rings. The summed E-state index contributed by atoms with van der Waals surface area (Å²) in [4.78, 5) is 36.3. The fourth-order valence-corrected chi connectivity index (χ4v) is 4.51. The predicted molar refractivity (Wildman–Crippen MR) is 191 cm³/mol. The van der Waals surface area contributed by atoms with Gasteiger partial charge in [-0.25, -0.2) is 14.4 Å². The quantitative estimate of drug-likeness (QED) is 0.0429. The van der Waals surface area contributed by atoms with Crippen molar-refractivity contribution in [2.75, 3.05) is 0 Å². The largest absolute Gasteiger partial charge is 0.430 e. The van der Waals surface area contributed by atoms with Crippen LogP contribution in [-0.4, -0.2) is 51.1 Å². The van der Waals surface area contributed by atoms with Gasteiger partial charge in [-0.2, -0.15) is 0 Å². The highest BCUT2D eigenvalue weighted by Gasteiger charge is 2.35. The number of aliphatic hydroxyl groups is 3. The predicted octanol–water partition coefficient (Wildman–Crippen LogP) is 6.53. The van der Waals surface area contributed by atoms with Gasteiger partial charge in [-0.3, -0.25) is 0 Å². The Morgan fingerprint density at radius 1 is 0.500 bits per heavy atom. The van der Waals surface area contributed by atoms with Crippen LogP contribution in [0, 0.1) is 0 Å². The van der Waals surface area contributed by atoms with Crippen LogP contribution in [0.5, 0.6) is 17.2 Å². The number of carbonyl (C=O) groups excluding carboxylic acids is 3. The molecule has 12 nitrogen and oxygen atoms in total. The third kappa shape index (κ3) is 11.0. The minimum atomic E-state index is -2.22. The molecular weight excluding hydrogens is 672 g/mol. The summed E-state index contributed by atoms with van der Waals surface area (Å²) in [5.74, 6) is -8.85. The van der Waals surface area contributed by atoms with Gasteiger partial charge in [-0.05, 0) is 73.9 Å². The van der Waals surface area contributed by atoms with Gasteiger partial charge in [0.2, 0.25) is 0 Å². The molecule has 0 aromatic heterocycles. The molecule has 3 rings (SSSR count). The van der Waals surface area contributed by atoms with E-state index in [-0.39, 0.29) is 53.2 Å². The molecule has 12 heteroatoms. The maximum atomic E-state index is 12.1. The van der Waals surface area contributed by atoms with E-state index in [1.165, 1.54) is 20.8 Å². The SMILES string of the molecule is C=C(C)C(=O)OC(O)(CC)Oc1ccc(C(c2ccc(OC(O)(CC)OC(=O)C(=C)C)cc2)c2ccc(OC(O)(CC)OC(=O)C(=C)C)cc2)cc1. The van der Waals surface area contributed by atoms with Crippen molar-refractivity contribution < 1.29 is 58.1 Å². The van der Waals surface area contributed by atoms with Gasteiger partial charge in [-0.1, -0.05) is 76.9 Å². The monoisotopic (exact) mass is 718 g/mol. The molecular formula is C40H46O12. The van der Waals surface area contributed by atoms with Crippen LogP contribution in [-0.2, 0) is 28.6 Å². The second kappa shape index (κ2) is 17.2. The molecule has 3 unspecified atom stereocenters. The van der Waals surface area contributed by atoms with E-state index in [1.54, 1.807) is 93.6 Å². The first kappa shape index (κ1) is 41.0. The zero-order valence-corrected chi connectivity index (χ0v) is 30.3. The molecule has 0 aliphatic rings. The lowest BCUT2D eigenvalue weighted by Crippen LogP contribution is -2.40. The van der Waals surface area contributed by atoms with Crippen LogP contribution in [0.4, 0.5) is 0 Å². The van der Waals surface area contributed by atoms with Crippen molar-refractivity contribution in [3.63, 3.8) is 0 Å². The van der Waals surface area contributed by atoms with Crippen molar-refractivity contribution in [2.45, 2.75) is 84.6 Å². The Labute approximate surface area is 303 Å². The molecule has 0 bridgehead atoms. The maximum Gasteiger partial charge on any atom is 0.371 e. The summed E-state index contributed by atoms with van der Waals surface area (Å²) in [5, 5.41) is 32.4. The molecule has 0 radical (unpaired) electrons. The van der Waals surface area contributed by atoms with E-state index in [1.807, 2.05) is 0 Å². The average Bonchev–Trinajstić information content (AvgIpc) is 3.10. The Morgan fingerprint density at radius 3 is 0.885 bits per heavy atom. The van der Waals surface area contributed by atoms with E-state index in [0.29, 0.717) is 0 Å². The number of ether oxygens (including phenoxy) is 6.